The van der Waals surface area contributed by atoms with Gasteiger partial charge in [0.1, 0.15) is 0 Å². The van der Waals surface area contributed by atoms with Crippen LogP contribution in [-0.2, 0) is 0 Å². The molecule has 0 aliphatic carbocycles. The van der Waals surface area contributed by atoms with Crippen LogP contribution in [0.1, 0.15) is 6.42 Å². The topological polar surface area (TPSA) is 32.3 Å². The van der Waals surface area contributed by atoms with Crippen molar-refractivity contribution < 1.29 is 5.11 Å². The van der Waals surface area contributed by atoms with Gasteiger partial charge in [0, 0.05) is 35.7 Å². The van der Waals surface area contributed by atoms with E-state index >= 15 is 0 Å². The van der Waals surface area contributed by atoms with E-state index < -0.39 is 0 Å². The van der Waals surface area contributed by atoms with E-state index in [0.29, 0.717) is 6.61 Å². The number of aliphatic hydroxyl groups excluding tert-OH is 1. The SMILES string of the molecule is OCCCNCC1CSCCS1. The van der Waals surface area contributed by atoms with Crippen molar-refractivity contribution >= 4 is 23.5 Å². The van der Waals surface area contributed by atoms with E-state index in [2.05, 4.69) is 28.8 Å². The molecule has 4 heteroatoms. The predicted molar refractivity (Wildman–Crippen MR) is 58.1 cm³/mol. The first-order valence-electron chi connectivity index (χ1n) is 4.44. The molecule has 1 unspecified atom stereocenters. The summed E-state index contributed by atoms with van der Waals surface area (Å²) >= 11 is 4.13. The van der Waals surface area contributed by atoms with Crippen molar-refractivity contribution in [2.24, 2.45) is 0 Å². The molecule has 0 spiro atoms. The zero-order valence-electron chi connectivity index (χ0n) is 7.29. The molecule has 2 N–H and O–H groups in total. The van der Waals surface area contributed by atoms with Crippen molar-refractivity contribution in [1.29, 1.82) is 0 Å². The first-order chi connectivity index (χ1) is 5.93. The molecule has 0 bridgehead atoms. The van der Waals surface area contributed by atoms with Gasteiger partial charge < -0.3 is 10.4 Å². The van der Waals surface area contributed by atoms with E-state index in [1.165, 1.54) is 17.3 Å². The Hall–Kier alpha value is 0.620. The molecule has 0 amide bonds. The maximum Gasteiger partial charge on any atom is 0.0443 e. The van der Waals surface area contributed by atoms with Gasteiger partial charge in [0.2, 0.25) is 0 Å². The molecule has 1 atom stereocenters. The van der Waals surface area contributed by atoms with Crippen LogP contribution in [0.15, 0.2) is 0 Å². The highest BCUT2D eigenvalue weighted by molar-refractivity contribution is 8.06. The Morgan fingerprint density at radius 1 is 1.42 bits per heavy atom. The van der Waals surface area contributed by atoms with Gasteiger partial charge in [-0.25, -0.2) is 0 Å². The summed E-state index contributed by atoms with van der Waals surface area (Å²) in [7, 11) is 0. The second-order valence-corrected chi connectivity index (χ2v) is 5.41. The Labute approximate surface area is 82.9 Å². The lowest BCUT2D eigenvalue weighted by Gasteiger charge is -2.20. The summed E-state index contributed by atoms with van der Waals surface area (Å²) < 4.78 is 0. The lowest BCUT2D eigenvalue weighted by atomic mass is 10.4. The molecule has 2 nitrogen and oxygen atoms in total. The van der Waals surface area contributed by atoms with E-state index in [4.69, 9.17) is 5.11 Å². The Balaban J connectivity index is 1.91. The summed E-state index contributed by atoms with van der Waals surface area (Å²) in [6.45, 7) is 2.37. The largest absolute Gasteiger partial charge is 0.396 e. The van der Waals surface area contributed by atoms with E-state index in [0.717, 1.165) is 24.8 Å². The van der Waals surface area contributed by atoms with Crippen LogP contribution in [0, 0.1) is 0 Å². The average molecular weight is 207 g/mol. The van der Waals surface area contributed by atoms with Crippen LogP contribution in [-0.4, -0.2) is 47.3 Å². The molecule has 0 saturated carbocycles. The van der Waals surface area contributed by atoms with Gasteiger partial charge in [0.05, 0.1) is 0 Å². The molecule has 0 aromatic heterocycles. The van der Waals surface area contributed by atoms with Gasteiger partial charge in [0.25, 0.3) is 0 Å². The van der Waals surface area contributed by atoms with Gasteiger partial charge in [-0.15, -0.1) is 0 Å². The van der Waals surface area contributed by atoms with Gasteiger partial charge in [-0.2, -0.15) is 23.5 Å². The fourth-order valence-electron chi connectivity index (χ4n) is 1.12. The molecule has 1 saturated heterocycles. The normalized spacial score (nSPS) is 24.2. The number of rotatable bonds is 5. The van der Waals surface area contributed by atoms with Gasteiger partial charge in [-0.3, -0.25) is 0 Å². The van der Waals surface area contributed by atoms with Crippen LogP contribution >= 0.6 is 23.5 Å². The smallest absolute Gasteiger partial charge is 0.0443 e. The van der Waals surface area contributed by atoms with Crippen molar-refractivity contribution in [3.63, 3.8) is 0 Å². The highest BCUT2D eigenvalue weighted by Gasteiger charge is 2.12. The lowest BCUT2D eigenvalue weighted by molar-refractivity contribution is 0.286. The van der Waals surface area contributed by atoms with E-state index in [1.54, 1.807) is 0 Å². The zero-order chi connectivity index (χ0) is 8.65. The van der Waals surface area contributed by atoms with Crippen molar-refractivity contribution in [2.75, 3.05) is 37.0 Å². The van der Waals surface area contributed by atoms with Gasteiger partial charge in [0.15, 0.2) is 0 Å². The van der Waals surface area contributed by atoms with Crippen molar-refractivity contribution in [3.05, 3.63) is 0 Å². The van der Waals surface area contributed by atoms with E-state index in [1.807, 2.05) is 0 Å². The zero-order valence-corrected chi connectivity index (χ0v) is 8.92. The quantitative estimate of drug-likeness (QED) is 0.654. The Morgan fingerprint density at radius 2 is 2.33 bits per heavy atom. The van der Waals surface area contributed by atoms with Crippen LogP contribution in [0.25, 0.3) is 0 Å². The summed E-state index contributed by atoms with van der Waals surface area (Å²) in [6.07, 6.45) is 0.879. The fraction of sp³-hybridized carbons (Fsp3) is 1.00. The standard InChI is InChI=1S/C8H17NOS2/c10-3-1-2-9-6-8-7-11-4-5-12-8/h8-10H,1-7H2. The minimum atomic E-state index is 0.305. The fourth-order valence-corrected chi connectivity index (χ4v) is 3.77. The molecule has 72 valence electrons. The Morgan fingerprint density at radius 3 is 3.00 bits per heavy atom. The third kappa shape index (κ3) is 4.60. The second kappa shape index (κ2) is 7.06. The van der Waals surface area contributed by atoms with Crippen LogP contribution in [0.2, 0.25) is 0 Å². The van der Waals surface area contributed by atoms with Crippen LogP contribution in [0.4, 0.5) is 0 Å². The monoisotopic (exact) mass is 207 g/mol. The average Bonchev–Trinajstić information content (AvgIpc) is 2.14. The molecule has 1 rings (SSSR count). The number of thioether (sulfide) groups is 2. The van der Waals surface area contributed by atoms with Gasteiger partial charge in [-0.1, -0.05) is 0 Å². The van der Waals surface area contributed by atoms with E-state index in [9.17, 15) is 0 Å². The molecule has 0 radical (unpaired) electrons. The molecule has 1 aliphatic heterocycles. The molecular formula is C8H17NOS2. The van der Waals surface area contributed by atoms with Crippen LogP contribution in [0.5, 0.6) is 0 Å². The maximum atomic E-state index is 8.55. The van der Waals surface area contributed by atoms with Crippen molar-refractivity contribution in [1.82, 2.24) is 5.32 Å². The first kappa shape index (κ1) is 10.7. The molecule has 12 heavy (non-hydrogen) atoms. The molecule has 0 aromatic carbocycles. The van der Waals surface area contributed by atoms with Crippen molar-refractivity contribution in [2.45, 2.75) is 11.7 Å². The minimum Gasteiger partial charge on any atom is -0.396 e. The minimum absolute atomic E-state index is 0.305. The second-order valence-electron chi connectivity index (χ2n) is 2.85. The Kier molecular flexibility index (Phi) is 6.30. The highest BCUT2D eigenvalue weighted by atomic mass is 32.2. The maximum absolute atomic E-state index is 8.55. The molecule has 0 aromatic rings. The van der Waals surface area contributed by atoms with Crippen molar-refractivity contribution in [3.8, 4) is 0 Å². The number of hydrogen-bond donors (Lipinski definition) is 2. The number of hydrogen-bond acceptors (Lipinski definition) is 4. The molecule has 1 heterocycles. The van der Waals surface area contributed by atoms with Crippen LogP contribution in [0.3, 0.4) is 0 Å². The summed E-state index contributed by atoms with van der Waals surface area (Å²) in [4.78, 5) is 0. The van der Waals surface area contributed by atoms with Crippen LogP contribution < -0.4 is 5.32 Å². The van der Waals surface area contributed by atoms with Gasteiger partial charge in [-0.05, 0) is 13.0 Å². The third-order valence-corrected chi connectivity index (χ3v) is 4.61. The molecular weight excluding hydrogens is 190 g/mol. The number of aliphatic hydroxyl groups is 1. The molecule has 1 fully saturated rings. The summed E-state index contributed by atoms with van der Waals surface area (Å²) in [5, 5.41) is 12.7. The Bertz CT molecular complexity index is 107. The predicted octanol–water partition coefficient (Wildman–Crippen LogP) is 0.807. The first-order valence-corrected chi connectivity index (χ1v) is 6.65. The summed E-state index contributed by atoms with van der Waals surface area (Å²) in [5.41, 5.74) is 0. The third-order valence-electron chi connectivity index (χ3n) is 1.77. The molecule has 1 aliphatic rings. The number of nitrogens with one attached hydrogen (secondary N) is 1. The van der Waals surface area contributed by atoms with E-state index in [-0.39, 0.29) is 0 Å². The summed E-state index contributed by atoms with van der Waals surface area (Å²) in [6, 6.07) is 0. The lowest BCUT2D eigenvalue weighted by Crippen LogP contribution is -2.29. The summed E-state index contributed by atoms with van der Waals surface area (Å²) in [5.74, 6) is 3.91. The van der Waals surface area contributed by atoms with Gasteiger partial charge >= 0.3 is 0 Å². The highest BCUT2D eigenvalue weighted by Crippen LogP contribution is 2.23.